The van der Waals surface area contributed by atoms with Crippen LogP contribution in [-0.2, 0) is 28.9 Å². The largest absolute Gasteiger partial charge is 0.397 e. The lowest BCUT2D eigenvalue weighted by atomic mass is 9.99. The van der Waals surface area contributed by atoms with Crippen molar-refractivity contribution in [2.45, 2.75) is 159 Å². The fourth-order valence-corrected chi connectivity index (χ4v) is 5.49. The predicted molar refractivity (Wildman–Crippen MR) is 164 cm³/mol. The third-order valence-electron chi connectivity index (χ3n) is 7.68. The number of hydrogen-bond donors (Lipinski definition) is 7. The van der Waals surface area contributed by atoms with Crippen LogP contribution in [0.1, 0.15) is 110 Å². The SMILES string of the molecule is CCCCCC/C=C/C(O)C(COC1OC(CO)C(O)C(OS(=O)(=O)O)C1O)NC(=O)C(O)CCCCCCCCCCC. The Kier molecular flexibility index (Phi) is 21.5. The molecular weight excluding hydrogens is 598 g/mol. The molecule has 1 heterocycles. The normalized spacial score (nSPS) is 24.8. The fraction of sp³-hybridized carbons (Fsp3) is 0.900. The molecule has 260 valence electrons. The maximum absolute atomic E-state index is 12.8. The van der Waals surface area contributed by atoms with E-state index >= 15 is 0 Å². The molecule has 0 aliphatic carbocycles. The first kappa shape index (κ1) is 40.8. The highest BCUT2D eigenvalue weighted by atomic mass is 32.3. The molecule has 1 aliphatic heterocycles. The van der Waals surface area contributed by atoms with E-state index in [9.17, 15) is 38.7 Å². The Morgan fingerprint density at radius 1 is 0.909 bits per heavy atom. The summed E-state index contributed by atoms with van der Waals surface area (Å²) in [4.78, 5) is 12.8. The molecule has 1 amide bonds. The number of amides is 1. The van der Waals surface area contributed by atoms with Gasteiger partial charge in [-0.2, -0.15) is 8.42 Å². The third-order valence-corrected chi connectivity index (χ3v) is 8.14. The van der Waals surface area contributed by atoms with Gasteiger partial charge in [0.2, 0.25) is 5.91 Å². The van der Waals surface area contributed by atoms with Crippen LogP contribution in [0.5, 0.6) is 0 Å². The summed E-state index contributed by atoms with van der Waals surface area (Å²) in [5, 5.41) is 54.2. The molecule has 44 heavy (non-hydrogen) atoms. The highest BCUT2D eigenvalue weighted by Gasteiger charge is 2.48. The lowest BCUT2D eigenvalue weighted by molar-refractivity contribution is -0.298. The average Bonchev–Trinajstić information content (AvgIpc) is 2.98. The van der Waals surface area contributed by atoms with Crippen LogP contribution >= 0.6 is 0 Å². The zero-order valence-electron chi connectivity index (χ0n) is 26.3. The van der Waals surface area contributed by atoms with Crippen LogP contribution in [-0.4, -0.2) is 107 Å². The van der Waals surface area contributed by atoms with Gasteiger partial charge in [-0.1, -0.05) is 103 Å². The van der Waals surface area contributed by atoms with Crippen molar-refractivity contribution in [1.82, 2.24) is 5.32 Å². The highest BCUT2D eigenvalue weighted by molar-refractivity contribution is 7.80. The van der Waals surface area contributed by atoms with E-state index in [1.165, 1.54) is 38.2 Å². The summed E-state index contributed by atoms with van der Waals surface area (Å²) >= 11 is 0. The number of rotatable bonds is 25. The molecule has 8 atom stereocenters. The van der Waals surface area contributed by atoms with Crippen molar-refractivity contribution < 1.29 is 57.0 Å². The van der Waals surface area contributed by atoms with Crippen LogP contribution in [0.25, 0.3) is 0 Å². The molecule has 14 heteroatoms. The van der Waals surface area contributed by atoms with Gasteiger partial charge in [0.25, 0.3) is 0 Å². The smallest absolute Gasteiger partial charge is 0.394 e. The minimum atomic E-state index is -5.10. The number of carbonyl (C=O) groups is 1. The van der Waals surface area contributed by atoms with Crippen molar-refractivity contribution in [3.63, 3.8) is 0 Å². The maximum Gasteiger partial charge on any atom is 0.397 e. The summed E-state index contributed by atoms with van der Waals surface area (Å²) in [6, 6.07) is -1.11. The van der Waals surface area contributed by atoms with Crippen molar-refractivity contribution in [1.29, 1.82) is 0 Å². The van der Waals surface area contributed by atoms with E-state index < -0.39 is 78.5 Å². The molecule has 1 saturated heterocycles. The lowest BCUT2D eigenvalue weighted by Gasteiger charge is -2.41. The van der Waals surface area contributed by atoms with E-state index in [1.807, 2.05) is 0 Å². The van der Waals surface area contributed by atoms with Gasteiger partial charge in [-0.3, -0.25) is 9.35 Å². The van der Waals surface area contributed by atoms with Crippen molar-refractivity contribution in [2.24, 2.45) is 0 Å². The summed E-state index contributed by atoms with van der Waals surface area (Å²) in [5.41, 5.74) is 0. The molecule has 13 nitrogen and oxygen atoms in total. The van der Waals surface area contributed by atoms with E-state index in [2.05, 4.69) is 23.3 Å². The van der Waals surface area contributed by atoms with E-state index in [0.29, 0.717) is 12.8 Å². The van der Waals surface area contributed by atoms with Crippen LogP contribution in [0.15, 0.2) is 12.2 Å². The lowest BCUT2D eigenvalue weighted by Crippen LogP contribution is -2.61. The van der Waals surface area contributed by atoms with E-state index in [-0.39, 0.29) is 6.42 Å². The standard InChI is InChI=1S/C30H57NO12S/c1-3-5-7-9-11-12-13-15-17-19-24(34)29(37)31-22(23(33)18-16-14-10-8-6-4-2)21-41-30-27(36)28(43-44(38,39)40)26(35)25(20-32)42-30/h16,18,22-28,30,32-36H,3-15,17,19-21H2,1-2H3,(H,31,37)(H,38,39,40)/b18-16+. The Hall–Kier alpha value is -1.20. The second-order valence-electron chi connectivity index (χ2n) is 11.5. The van der Waals surface area contributed by atoms with Gasteiger partial charge in [0.05, 0.1) is 25.4 Å². The molecule has 8 unspecified atom stereocenters. The van der Waals surface area contributed by atoms with Crippen molar-refractivity contribution in [2.75, 3.05) is 13.2 Å². The Labute approximate surface area is 262 Å². The van der Waals surface area contributed by atoms with Crippen molar-refractivity contribution in [3.8, 4) is 0 Å². The van der Waals surface area contributed by atoms with E-state index in [0.717, 1.165) is 44.9 Å². The zero-order chi connectivity index (χ0) is 33.0. The van der Waals surface area contributed by atoms with Crippen molar-refractivity contribution in [3.05, 3.63) is 12.2 Å². The summed E-state index contributed by atoms with van der Waals surface area (Å²) < 4.78 is 46.8. The fourth-order valence-electron chi connectivity index (χ4n) is 4.99. The zero-order valence-corrected chi connectivity index (χ0v) is 27.2. The molecule has 1 rings (SSSR count). The number of allylic oxidation sites excluding steroid dienone is 1. The molecule has 1 aliphatic rings. The summed E-state index contributed by atoms with van der Waals surface area (Å²) in [6.07, 6.45) is 6.75. The number of nitrogens with one attached hydrogen (secondary N) is 1. The molecule has 0 radical (unpaired) electrons. The summed E-state index contributed by atoms with van der Waals surface area (Å²) in [7, 11) is -5.10. The van der Waals surface area contributed by atoms with Gasteiger partial charge in [-0.05, 0) is 19.3 Å². The van der Waals surface area contributed by atoms with Gasteiger partial charge in [-0.15, -0.1) is 0 Å². The summed E-state index contributed by atoms with van der Waals surface area (Å²) in [6.45, 7) is 3.02. The predicted octanol–water partition coefficient (Wildman–Crippen LogP) is 2.28. The van der Waals surface area contributed by atoms with Crippen LogP contribution < -0.4 is 5.32 Å². The number of aliphatic hydroxyl groups excluding tert-OH is 5. The quantitative estimate of drug-likeness (QED) is 0.0429. The Morgan fingerprint density at radius 2 is 1.48 bits per heavy atom. The van der Waals surface area contributed by atoms with Gasteiger partial charge < -0.3 is 40.3 Å². The molecule has 0 bridgehead atoms. The second-order valence-corrected chi connectivity index (χ2v) is 12.6. The summed E-state index contributed by atoms with van der Waals surface area (Å²) in [5.74, 6) is -0.713. The molecule has 7 N–H and O–H groups in total. The maximum atomic E-state index is 12.8. The van der Waals surface area contributed by atoms with Crippen LogP contribution in [0, 0.1) is 0 Å². The first-order valence-corrected chi connectivity index (χ1v) is 17.5. The first-order chi connectivity index (χ1) is 20.9. The van der Waals surface area contributed by atoms with Crippen LogP contribution in [0.4, 0.5) is 0 Å². The topological polar surface area (TPSA) is 212 Å². The van der Waals surface area contributed by atoms with Gasteiger partial charge in [-0.25, -0.2) is 4.18 Å². The molecule has 0 aromatic rings. The Balaban J connectivity index is 2.79. The van der Waals surface area contributed by atoms with Gasteiger partial charge in [0.15, 0.2) is 6.29 Å². The number of hydrogen-bond acceptors (Lipinski definition) is 11. The Bertz CT molecular complexity index is 889. The molecule has 0 aromatic carbocycles. The first-order valence-electron chi connectivity index (χ1n) is 16.2. The number of unbranched alkanes of at least 4 members (excludes halogenated alkanes) is 12. The minimum absolute atomic E-state index is 0.244. The number of aliphatic hydroxyl groups is 5. The monoisotopic (exact) mass is 655 g/mol. The minimum Gasteiger partial charge on any atom is -0.394 e. The van der Waals surface area contributed by atoms with Crippen molar-refractivity contribution >= 4 is 16.3 Å². The number of carbonyl (C=O) groups excluding carboxylic acids is 1. The molecule has 0 saturated carbocycles. The third kappa shape index (κ3) is 16.9. The van der Waals surface area contributed by atoms with E-state index in [1.54, 1.807) is 6.08 Å². The second kappa shape index (κ2) is 23.2. The van der Waals surface area contributed by atoms with Gasteiger partial charge in [0.1, 0.15) is 30.5 Å². The molecule has 0 spiro atoms. The molecular formula is C30H57NO12S. The highest BCUT2D eigenvalue weighted by Crippen LogP contribution is 2.26. The van der Waals surface area contributed by atoms with Crippen LogP contribution in [0.2, 0.25) is 0 Å². The van der Waals surface area contributed by atoms with Gasteiger partial charge in [0, 0.05) is 0 Å². The molecule has 1 fully saturated rings. The van der Waals surface area contributed by atoms with Gasteiger partial charge >= 0.3 is 10.4 Å². The van der Waals surface area contributed by atoms with Crippen LogP contribution in [0.3, 0.4) is 0 Å². The van der Waals surface area contributed by atoms with E-state index in [4.69, 9.17) is 14.0 Å². The number of ether oxygens (including phenoxy) is 2. The Morgan fingerprint density at radius 3 is 2.05 bits per heavy atom. The average molecular weight is 656 g/mol. The molecule has 0 aromatic heterocycles.